The number of nitrogens with zero attached hydrogens (tertiary/aromatic N) is 4. The molecule has 0 spiro atoms. The summed E-state index contributed by atoms with van der Waals surface area (Å²) < 4.78 is 33.7. The third-order valence-electron chi connectivity index (χ3n) is 4.63. The number of aromatic nitrogens is 4. The highest BCUT2D eigenvalue weighted by molar-refractivity contribution is 5.73. The summed E-state index contributed by atoms with van der Waals surface area (Å²) in [6.45, 7) is 3.95. The van der Waals surface area contributed by atoms with E-state index in [1.165, 1.54) is 41.9 Å². The van der Waals surface area contributed by atoms with Gasteiger partial charge in [-0.3, -0.25) is 14.7 Å². The monoisotopic (exact) mass is 401 g/mol. The van der Waals surface area contributed by atoms with E-state index < -0.39 is 12.1 Å². The molecule has 2 heterocycles. The summed E-state index contributed by atoms with van der Waals surface area (Å²) in [5.74, 6) is -2.76. The van der Waals surface area contributed by atoms with Gasteiger partial charge in [-0.1, -0.05) is 6.92 Å². The van der Waals surface area contributed by atoms with Crippen molar-refractivity contribution < 1.29 is 23.1 Å². The van der Waals surface area contributed by atoms with Crippen LogP contribution in [-0.4, -0.2) is 49.2 Å². The zero-order valence-corrected chi connectivity index (χ0v) is 16.3. The summed E-state index contributed by atoms with van der Waals surface area (Å²) in [5, 5.41) is 19.4. The molecule has 2 N–H and O–H groups in total. The van der Waals surface area contributed by atoms with Crippen LogP contribution in [0.3, 0.4) is 0 Å². The zero-order chi connectivity index (χ0) is 20.9. The Kier molecular flexibility index (Phi) is 7.22. The summed E-state index contributed by atoms with van der Waals surface area (Å²) in [6.07, 6.45) is 0.836. The van der Waals surface area contributed by atoms with Gasteiger partial charge < -0.3 is 5.11 Å². The van der Waals surface area contributed by atoms with E-state index in [2.05, 4.69) is 40.2 Å². The molecule has 0 saturated carbocycles. The van der Waals surface area contributed by atoms with Crippen molar-refractivity contribution >= 4 is 5.97 Å². The predicted molar refractivity (Wildman–Crippen MR) is 96.7 cm³/mol. The van der Waals surface area contributed by atoms with E-state index in [9.17, 15) is 13.2 Å². The van der Waals surface area contributed by atoms with Crippen molar-refractivity contribution in [3.8, 4) is 0 Å². The molecule has 7 nitrogen and oxygen atoms in total. The lowest BCUT2D eigenvalue weighted by atomic mass is 9.96. The molecular weight excluding hydrogens is 375 g/mol. The molecule has 2 aromatic heterocycles. The Morgan fingerprint density at radius 1 is 1.32 bits per heavy atom. The first-order valence-electron chi connectivity index (χ1n) is 9.17. The van der Waals surface area contributed by atoms with Crippen LogP contribution in [0, 0.1) is 0 Å². The van der Waals surface area contributed by atoms with Crippen LogP contribution in [-0.2, 0) is 44.2 Å². The van der Waals surface area contributed by atoms with Crippen molar-refractivity contribution in [2.24, 2.45) is 7.05 Å². The molecule has 3 rings (SSSR count). The van der Waals surface area contributed by atoms with Crippen LogP contribution < -0.4 is 0 Å². The van der Waals surface area contributed by atoms with Crippen LogP contribution in [0.1, 0.15) is 48.1 Å². The fourth-order valence-corrected chi connectivity index (χ4v) is 3.16. The van der Waals surface area contributed by atoms with Gasteiger partial charge in [-0.15, -0.1) is 0 Å². The van der Waals surface area contributed by atoms with Crippen LogP contribution >= 0.6 is 0 Å². The maximum absolute atomic E-state index is 10.6. The number of hydrogen-bond acceptors (Lipinski definition) is 4. The van der Waals surface area contributed by atoms with Crippen LogP contribution in [0.25, 0.3) is 0 Å². The smallest absolute Gasteiger partial charge is 0.475 e. The molecular formula is C18H26F3N5O2. The van der Waals surface area contributed by atoms with Crippen LogP contribution in [0.5, 0.6) is 0 Å². The molecule has 0 atom stereocenters. The highest BCUT2D eigenvalue weighted by atomic mass is 19.4. The molecule has 1 aliphatic carbocycles. The normalized spacial score (nSPS) is 13.8. The number of H-pyrrole nitrogens is 1. The maximum atomic E-state index is 10.6. The number of carboxylic acid groups (broad SMARTS) is 1. The molecule has 0 unspecified atom stereocenters. The molecule has 156 valence electrons. The topological polar surface area (TPSA) is 87.0 Å². The SMILES string of the molecule is CCc1cc(CN(C)Cc2n[nH]c3c2CCCC3)n(C)n1.O=C(O)C(F)(F)F. The van der Waals surface area contributed by atoms with Crippen molar-refractivity contribution in [2.75, 3.05) is 7.05 Å². The van der Waals surface area contributed by atoms with Gasteiger partial charge in [0.25, 0.3) is 0 Å². The van der Waals surface area contributed by atoms with Gasteiger partial charge in [-0.25, -0.2) is 4.79 Å². The van der Waals surface area contributed by atoms with Gasteiger partial charge in [0.05, 0.1) is 17.1 Å². The number of aliphatic carboxylic acids is 1. The summed E-state index contributed by atoms with van der Waals surface area (Å²) in [7, 11) is 4.18. The van der Waals surface area contributed by atoms with Crippen LogP contribution in [0.15, 0.2) is 6.07 Å². The second-order valence-corrected chi connectivity index (χ2v) is 6.91. The molecule has 0 radical (unpaired) electrons. The fourth-order valence-electron chi connectivity index (χ4n) is 3.16. The fraction of sp³-hybridized carbons (Fsp3) is 0.611. The van der Waals surface area contributed by atoms with Crippen molar-refractivity contribution in [1.82, 2.24) is 24.9 Å². The summed E-state index contributed by atoms with van der Waals surface area (Å²) in [6, 6.07) is 2.20. The molecule has 0 amide bonds. The lowest BCUT2D eigenvalue weighted by Gasteiger charge is -2.17. The second-order valence-electron chi connectivity index (χ2n) is 6.91. The molecule has 0 aliphatic heterocycles. The number of aryl methyl sites for hydroxylation is 3. The quantitative estimate of drug-likeness (QED) is 0.805. The first kappa shape index (κ1) is 21.9. The Balaban J connectivity index is 0.000000345. The molecule has 0 fully saturated rings. The van der Waals surface area contributed by atoms with Crippen molar-refractivity contribution in [2.45, 2.75) is 58.3 Å². The third kappa shape index (κ3) is 5.82. The number of nitrogens with one attached hydrogen (secondary N) is 1. The van der Waals surface area contributed by atoms with E-state index in [1.807, 2.05) is 11.7 Å². The molecule has 0 saturated heterocycles. The van der Waals surface area contributed by atoms with E-state index in [-0.39, 0.29) is 0 Å². The molecule has 0 aromatic carbocycles. The number of carboxylic acids is 1. The highest BCUT2D eigenvalue weighted by Gasteiger charge is 2.38. The minimum absolute atomic E-state index is 0.901. The van der Waals surface area contributed by atoms with Gasteiger partial charge in [0.1, 0.15) is 0 Å². The van der Waals surface area contributed by atoms with E-state index >= 15 is 0 Å². The predicted octanol–water partition coefficient (Wildman–Crippen LogP) is 2.85. The number of carbonyl (C=O) groups is 1. The second kappa shape index (κ2) is 9.22. The summed E-state index contributed by atoms with van der Waals surface area (Å²) >= 11 is 0. The third-order valence-corrected chi connectivity index (χ3v) is 4.63. The number of hydrogen-bond donors (Lipinski definition) is 2. The van der Waals surface area contributed by atoms with Crippen LogP contribution in [0.4, 0.5) is 13.2 Å². The van der Waals surface area contributed by atoms with Gasteiger partial charge in [0.2, 0.25) is 0 Å². The number of rotatable bonds is 5. The van der Waals surface area contributed by atoms with Crippen molar-refractivity contribution in [3.05, 3.63) is 34.4 Å². The first-order valence-corrected chi connectivity index (χ1v) is 9.17. The standard InChI is InChI=1S/C16H25N5.C2HF3O2/c1-4-12-9-13(21(3)19-12)10-20(2)11-16-14-7-5-6-8-15(14)17-18-16;3-2(4,5)1(6)7/h9H,4-8,10-11H2,1-3H3,(H,17,18);(H,6,7). The maximum Gasteiger partial charge on any atom is 0.490 e. The number of halogens is 3. The highest BCUT2D eigenvalue weighted by Crippen LogP contribution is 2.23. The minimum atomic E-state index is -5.08. The van der Waals surface area contributed by atoms with Gasteiger partial charge in [-0.05, 0) is 50.8 Å². The molecule has 28 heavy (non-hydrogen) atoms. The van der Waals surface area contributed by atoms with Gasteiger partial charge in [0.15, 0.2) is 0 Å². The Bertz CT molecular complexity index is 798. The Labute approximate surface area is 161 Å². The van der Waals surface area contributed by atoms with Crippen molar-refractivity contribution in [3.63, 3.8) is 0 Å². The zero-order valence-electron chi connectivity index (χ0n) is 16.3. The van der Waals surface area contributed by atoms with E-state index in [4.69, 9.17) is 9.90 Å². The largest absolute Gasteiger partial charge is 0.490 e. The van der Waals surface area contributed by atoms with Gasteiger partial charge >= 0.3 is 12.1 Å². The van der Waals surface area contributed by atoms with E-state index in [0.29, 0.717) is 0 Å². The Hall–Kier alpha value is -2.36. The Morgan fingerprint density at radius 2 is 1.96 bits per heavy atom. The average molecular weight is 401 g/mol. The minimum Gasteiger partial charge on any atom is -0.475 e. The van der Waals surface area contributed by atoms with Gasteiger partial charge in [-0.2, -0.15) is 23.4 Å². The number of fused-ring (bicyclic) bond motifs is 1. The number of aromatic amines is 1. The van der Waals surface area contributed by atoms with Gasteiger partial charge in [0, 0.05) is 25.8 Å². The summed E-state index contributed by atoms with van der Waals surface area (Å²) in [4.78, 5) is 11.2. The number of alkyl halides is 3. The first-order chi connectivity index (χ1) is 13.1. The molecule has 1 aliphatic rings. The van der Waals surface area contributed by atoms with E-state index in [0.717, 1.165) is 31.6 Å². The molecule has 0 bridgehead atoms. The summed E-state index contributed by atoms with van der Waals surface area (Å²) in [5.41, 5.74) is 6.48. The molecule has 10 heteroatoms. The average Bonchev–Trinajstić information content (AvgIpc) is 3.18. The Morgan fingerprint density at radius 3 is 2.54 bits per heavy atom. The van der Waals surface area contributed by atoms with Crippen molar-refractivity contribution in [1.29, 1.82) is 0 Å². The lowest BCUT2D eigenvalue weighted by molar-refractivity contribution is -0.192. The lowest BCUT2D eigenvalue weighted by Crippen LogP contribution is -2.21. The van der Waals surface area contributed by atoms with E-state index in [1.54, 1.807) is 0 Å². The molecule has 2 aromatic rings. The van der Waals surface area contributed by atoms with Crippen LogP contribution in [0.2, 0.25) is 0 Å².